The molecule has 1 fully saturated rings. The summed E-state index contributed by atoms with van der Waals surface area (Å²) in [5, 5.41) is 3.16. The van der Waals surface area contributed by atoms with Crippen LogP contribution in [0.25, 0.3) is 11.1 Å². The number of epoxide rings is 1. The molecular weight excluding hydrogens is 438 g/mol. The first-order valence-electron chi connectivity index (χ1n) is 11.5. The molecule has 0 saturated carbocycles. The Kier molecular flexibility index (Phi) is 8.16. The largest absolute Gasteiger partial charge is 0.372 e. The number of para-hydroxylation sites is 2. The predicted octanol–water partition coefficient (Wildman–Crippen LogP) is 4.12. The zero-order valence-electron chi connectivity index (χ0n) is 19.8. The summed E-state index contributed by atoms with van der Waals surface area (Å²) in [6.07, 6.45) is 0.110. The van der Waals surface area contributed by atoms with Gasteiger partial charge >= 0.3 is 0 Å². The minimum Gasteiger partial charge on any atom is -0.372 e. The lowest BCUT2D eigenvalue weighted by molar-refractivity contribution is -0.129. The molecule has 1 aromatic carbocycles. The Balaban J connectivity index is 0.000000373. The van der Waals surface area contributed by atoms with Crippen molar-refractivity contribution in [2.45, 2.75) is 39.8 Å². The van der Waals surface area contributed by atoms with Gasteiger partial charge in [-0.05, 0) is 41.2 Å². The maximum atomic E-state index is 13.3. The normalized spacial score (nSPS) is 18.4. The number of carbonyl (C=O) groups excluding carboxylic acids is 2. The number of amides is 2. The molecule has 2 aliphatic heterocycles. The van der Waals surface area contributed by atoms with Gasteiger partial charge < -0.3 is 14.5 Å². The van der Waals surface area contributed by atoms with Crippen LogP contribution < -0.4 is 15.1 Å². The summed E-state index contributed by atoms with van der Waals surface area (Å²) in [6, 6.07) is 15.3. The Labute approximate surface area is 202 Å². The molecule has 0 bridgehead atoms. The van der Waals surface area contributed by atoms with Crippen LogP contribution in [-0.4, -0.2) is 50.2 Å². The Morgan fingerprint density at radius 3 is 1.70 bits per heavy atom. The number of ether oxygens (including phenoxy) is 1. The van der Waals surface area contributed by atoms with Gasteiger partial charge in [0.2, 0.25) is 0 Å². The number of hydrogen-bond donors (Lipinski definition) is 1. The van der Waals surface area contributed by atoms with Crippen LogP contribution in [0.2, 0.25) is 0 Å². The molecule has 2 heterocycles. The molecule has 1 atom stereocenters. The molecule has 1 unspecified atom stereocenters. The van der Waals surface area contributed by atoms with E-state index in [0.717, 1.165) is 11.4 Å². The highest BCUT2D eigenvalue weighted by Gasteiger charge is 2.41. The third-order valence-corrected chi connectivity index (χ3v) is 5.65. The average Bonchev–Trinajstić information content (AvgIpc) is 3.69. The molecule has 2 aliphatic carbocycles. The Morgan fingerprint density at radius 1 is 0.879 bits per heavy atom. The maximum Gasteiger partial charge on any atom is 0.253 e. The van der Waals surface area contributed by atoms with Crippen molar-refractivity contribution in [3.63, 3.8) is 0 Å². The minimum absolute atomic E-state index is 0. The van der Waals surface area contributed by atoms with Crippen molar-refractivity contribution in [1.82, 2.24) is 5.32 Å². The smallest absolute Gasteiger partial charge is 0.253 e. The second kappa shape index (κ2) is 10.7. The first-order valence-corrected chi connectivity index (χ1v) is 11.5. The zero-order chi connectivity index (χ0) is 22.8. The van der Waals surface area contributed by atoms with Crippen molar-refractivity contribution in [3.8, 4) is 11.1 Å². The standard InChI is InChI=1S/C20H29N3O3.C6H4.ClH/c1-13(2)10-22-16-7-5-6-8-17(16)23(11-14(3)4)20(25)18(19(22)24)21-9-15-12-26-15;1-2-5-4-6(5)3-1;/h5-8,13-15,18,21H,9-12H2,1-4H3;1-4H;1H. The number of halogens is 1. The third-order valence-electron chi connectivity index (χ3n) is 5.65. The molecule has 7 heteroatoms. The highest BCUT2D eigenvalue weighted by molar-refractivity contribution is 6.20. The number of hydrogen-bond acceptors (Lipinski definition) is 4. The van der Waals surface area contributed by atoms with Crippen LogP contribution in [0.1, 0.15) is 27.7 Å². The fourth-order valence-electron chi connectivity index (χ4n) is 3.97. The van der Waals surface area contributed by atoms with Crippen LogP contribution >= 0.6 is 12.4 Å². The number of fused-ring (bicyclic) bond motifs is 2. The van der Waals surface area contributed by atoms with Crippen molar-refractivity contribution in [2.24, 2.45) is 11.8 Å². The van der Waals surface area contributed by atoms with Crippen LogP contribution in [0.3, 0.4) is 0 Å². The highest BCUT2D eigenvalue weighted by Crippen LogP contribution is 2.34. The van der Waals surface area contributed by atoms with Gasteiger partial charge in [0.25, 0.3) is 11.8 Å². The van der Waals surface area contributed by atoms with E-state index in [2.05, 4.69) is 57.3 Å². The lowest BCUT2D eigenvalue weighted by Crippen LogP contribution is -2.55. The van der Waals surface area contributed by atoms with Crippen LogP contribution in [0.4, 0.5) is 11.4 Å². The maximum absolute atomic E-state index is 13.3. The minimum atomic E-state index is -0.871. The molecule has 0 radical (unpaired) electrons. The molecule has 4 aliphatic rings. The van der Waals surface area contributed by atoms with E-state index in [1.165, 1.54) is 11.1 Å². The number of nitrogens with one attached hydrogen (secondary N) is 1. The van der Waals surface area contributed by atoms with Gasteiger partial charge in [0.1, 0.15) is 0 Å². The molecule has 178 valence electrons. The first-order chi connectivity index (χ1) is 15.3. The van der Waals surface area contributed by atoms with Crippen LogP contribution in [0.15, 0.2) is 48.5 Å². The number of benzene rings is 2. The second-order valence-corrected chi connectivity index (χ2v) is 9.55. The lowest BCUT2D eigenvalue weighted by atomic mass is 10.1. The molecule has 2 amide bonds. The molecule has 1 N–H and O–H groups in total. The fourth-order valence-corrected chi connectivity index (χ4v) is 3.97. The van der Waals surface area contributed by atoms with Crippen molar-refractivity contribution >= 4 is 35.6 Å². The van der Waals surface area contributed by atoms with Gasteiger partial charge in [0, 0.05) is 19.6 Å². The van der Waals surface area contributed by atoms with Crippen molar-refractivity contribution in [2.75, 3.05) is 36.0 Å². The van der Waals surface area contributed by atoms with Crippen molar-refractivity contribution in [1.29, 1.82) is 0 Å². The number of rotatable bonds is 7. The molecule has 33 heavy (non-hydrogen) atoms. The molecule has 0 spiro atoms. The monoisotopic (exact) mass is 471 g/mol. The molecule has 5 rings (SSSR count). The number of anilines is 2. The molecule has 1 saturated heterocycles. The zero-order valence-corrected chi connectivity index (χ0v) is 20.6. The average molecular weight is 472 g/mol. The Hall–Kier alpha value is -2.41. The van der Waals surface area contributed by atoms with Crippen LogP contribution in [0.5, 0.6) is 0 Å². The molecular formula is C26H34ClN3O3. The summed E-state index contributed by atoms with van der Waals surface area (Å²) in [5.41, 5.74) is 4.48. The summed E-state index contributed by atoms with van der Waals surface area (Å²) >= 11 is 0. The molecule has 0 aromatic heterocycles. The van der Waals surface area contributed by atoms with E-state index in [-0.39, 0.29) is 30.3 Å². The lowest BCUT2D eigenvalue weighted by Gasteiger charge is -2.27. The van der Waals surface area contributed by atoms with E-state index >= 15 is 0 Å². The van der Waals surface area contributed by atoms with Crippen molar-refractivity contribution < 1.29 is 14.3 Å². The van der Waals surface area contributed by atoms with Crippen molar-refractivity contribution in [3.05, 3.63) is 48.5 Å². The van der Waals surface area contributed by atoms with Gasteiger partial charge in [-0.2, -0.15) is 0 Å². The number of carbonyl (C=O) groups is 2. The Morgan fingerprint density at radius 2 is 1.36 bits per heavy atom. The third kappa shape index (κ3) is 6.14. The van der Waals surface area contributed by atoms with Gasteiger partial charge in [0.05, 0.1) is 24.1 Å². The summed E-state index contributed by atoms with van der Waals surface area (Å²) in [6.45, 7) is 10.7. The van der Waals surface area contributed by atoms with E-state index in [1.54, 1.807) is 9.80 Å². The topological polar surface area (TPSA) is 65.2 Å². The summed E-state index contributed by atoms with van der Waals surface area (Å²) in [4.78, 5) is 30.1. The Bertz CT molecular complexity index is 924. The SMILES string of the molecule is CC(C)CN1C(=O)C(NCC2CO2)C(=O)N(CC(C)C)c2ccccc21.Cl.c1cc2cc-2c1. The van der Waals surface area contributed by atoms with E-state index in [0.29, 0.717) is 38.1 Å². The van der Waals surface area contributed by atoms with Gasteiger partial charge in [-0.25, -0.2) is 0 Å². The van der Waals surface area contributed by atoms with E-state index < -0.39 is 6.04 Å². The summed E-state index contributed by atoms with van der Waals surface area (Å²) in [5.74, 6) is 0.239. The molecule has 6 nitrogen and oxygen atoms in total. The quantitative estimate of drug-likeness (QED) is 0.415. The summed E-state index contributed by atoms with van der Waals surface area (Å²) < 4.78 is 5.23. The van der Waals surface area contributed by atoms with Gasteiger partial charge in [-0.3, -0.25) is 14.9 Å². The number of nitrogens with zero attached hydrogens (tertiary/aromatic N) is 2. The van der Waals surface area contributed by atoms with Gasteiger partial charge in [-0.1, -0.05) is 58.0 Å². The van der Waals surface area contributed by atoms with Gasteiger partial charge in [-0.15, -0.1) is 12.4 Å². The summed E-state index contributed by atoms with van der Waals surface area (Å²) in [7, 11) is 0. The first kappa shape index (κ1) is 25.2. The molecule has 1 aromatic rings. The highest BCUT2D eigenvalue weighted by atomic mass is 35.5. The van der Waals surface area contributed by atoms with E-state index in [9.17, 15) is 9.59 Å². The van der Waals surface area contributed by atoms with Gasteiger partial charge in [0.15, 0.2) is 6.04 Å². The van der Waals surface area contributed by atoms with E-state index in [1.807, 2.05) is 24.3 Å². The predicted molar refractivity (Wildman–Crippen MR) is 135 cm³/mol. The van der Waals surface area contributed by atoms with Crippen LogP contribution in [0, 0.1) is 11.8 Å². The second-order valence-electron chi connectivity index (χ2n) is 9.55. The fraction of sp³-hybridized carbons (Fsp3) is 0.462. The van der Waals surface area contributed by atoms with E-state index in [4.69, 9.17) is 4.74 Å². The van der Waals surface area contributed by atoms with Crippen LogP contribution in [-0.2, 0) is 14.3 Å².